The maximum atomic E-state index is 13.9. The summed E-state index contributed by atoms with van der Waals surface area (Å²) in [5, 5.41) is 12.2. The van der Waals surface area contributed by atoms with Crippen LogP contribution in [0.4, 0.5) is 10.1 Å². The van der Waals surface area contributed by atoms with Gasteiger partial charge in [0.05, 0.1) is 16.5 Å². The van der Waals surface area contributed by atoms with Crippen LogP contribution in [0.3, 0.4) is 0 Å². The van der Waals surface area contributed by atoms with Gasteiger partial charge in [-0.3, -0.25) is 4.79 Å². The van der Waals surface area contributed by atoms with E-state index in [1.54, 1.807) is 19.1 Å². The number of rotatable bonds is 6. The molecule has 0 spiro atoms. The number of aryl methyl sites for hydroxylation is 1. The normalized spacial score (nSPS) is 12.2. The third-order valence-electron chi connectivity index (χ3n) is 5.56. The van der Waals surface area contributed by atoms with Crippen molar-refractivity contribution in [3.05, 3.63) is 89.7 Å². The monoisotopic (exact) mass is 471 g/mol. The minimum absolute atomic E-state index is 0.146. The number of nitrogens with zero attached hydrogens (tertiary/aromatic N) is 4. The highest BCUT2D eigenvalue weighted by molar-refractivity contribution is 8.00. The molecule has 5 aromatic rings. The lowest BCUT2D eigenvalue weighted by molar-refractivity contribution is -0.115. The van der Waals surface area contributed by atoms with Gasteiger partial charge >= 0.3 is 0 Å². The lowest BCUT2D eigenvalue weighted by Crippen LogP contribution is -2.23. The van der Waals surface area contributed by atoms with E-state index >= 15 is 0 Å². The molecule has 0 bridgehead atoms. The van der Waals surface area contributed by atoms with Crippen LogP contribution in [0, 0.1) is 12.7 Å². The number of anilines is 1. The lowest BCUT2D eigenvalue weighted by Gasteiger charge is -2.12. The van der Waals surface area contributed by atoms with Gasteiger partial charge in [-0.25, -0.2) is 9.37 Å². The van der Waals surface area contributed by atoms with E-state index in [0.717, 1.165) is 22.0 Å². The highest BCUT2D eigenvalue weighted by Gasteiger charge is 2.20. The second-order valence-electron chi connectivity index (χ2n) is 8.09. The van der Waals surface area contributed by atoms with Gasteiger partial charge in [0, 0.05) is 11.9 Å². The zero-order chi connectivity index (χ0) is 23.7. The molecule has 1 amide bonds. The molecule has 1 unspecified atom stereocenters. The average Bonchev–Trinajstić information content (AvgIpc) is 3.13. The predicted octanol–water partition coefficient (Wildman–Crippen LogP) is 5.59. The minimum atomic E-state index is -0.548. The molecule has 34 heavy (non-hydrogen) atoms. The zero-order valence-corrected chi connectivity index (χ0v) is 19.5. The fourth-order valence-corrected chi connectivity index (χ4v) is 4.61. The summed E-state index contributed by atoms with van der Waals surface area (Å²) in [6.45, 7) is 4.44. The molecule has 3 aromatic carbocycles. The molecule has 2 aromatic heterocycles. The van der Waals surface area contributed by atoms with E-state index in [1.807, 2.05) is 30.3 Å². The first-order chi connectivity index (χ1) is 16.5. The maximum absolute atomic E-state index is 13.9. The Labute approximate surface area is 200 Å². The van der Waals surface area contributed by atoms with E-state index in [2.05, 4.69) is 45.2 Å². The molecule has 0 aliphatic carbocycles. The Balaban J connectivity index is 1.47. The van der Waals surface area contributed by atoms with Crippen molar-refractivity contribution in [1.82, 2.24) is 19.7 Å². The number of carbonyl (C=O) groups excluding carboxylic acids is 1. The number of thioether (sulfide) groups is 1. The fourth-order valence-electron chi connectivity index (χ4n) is 3.90. The van der Waals surface area contributed by atoms with Gasteiger partial charge < -0.3 is 9.88 Å². The van der Waals surface area contributed by atoms with Crippen molar-refractivity contribution in [2.75, 3.05) is 5.32 Å². The third-order valence-corrected chi connectivity index (χ3v) is 6.51. The summed E-state index contributed by atoms with van der Waals surface area (Å²) in [4.78, 5) is 17.4. The molecule has 6 nitrogen and oxygen atoms in total. The molecular weight excluding hydrogens is 449 g/mol. The molecular formula is C26H22FN5OS. The van der Waals surface area contributed by atoms with Crippen molar-refractivity contribution in [3.8, 4) is 0 Å². The molecule has 0 radical (unpaired) electrons. The maximum Gasteiger partial charge on any atom is 0.237 e. The Morgan fingerprint density at radius 2 is 1.85 bits per heavy atom. The molecule has 0 aliphatic rings. The van der Waals surface area contributed by atoms with Gasteiger partial charge in [-0.1, -0.05) is 71.9 Å². The summed E-state index contributed by atoms with van der Waals surface area (Å²) >= 11 is 1.19. The highest BCUT2D eigenvalue weighted by Crippen LogP contribution is 2.29. The van der Waals surface area contributed by atoms with Crippen LogP contribution in [-0.2, 0) is 11.3 Å². The number of hydrogen-bond acceptors (Lipinski definition) is 5. The van der Waals surface area contributed by atoms with E-state index in [0.29, 0.717) is 17.3 Å². The molecule has 1 atom stereocenters. The van der Waals surface area contributed by atoms with Crippen molar-refractivity contribution in [2.45, 2.75) is 30.8 Å². The van der Waals surface area contributed by atoms with Gasteiger partial charge in [-0.2, -0.15) is 0 Å². The van der Waals surface area contributed by atoms with Crippen LogP contribution in [0.15, 0.2) is 78.0 Å². The topological polar surface area (TPSA) is 72.7 Å². The van der Waals surface area contributed by atoms with Crippen LogP contribution in [0.2, 0.25) is 0 Å². The number of fused-ring (bicyclic) bond motifs is 3. The summed E-state index contributed by atoms with van der Waals surface area (Å²) in [5.74, 6) is -0.813. The first kappa shape index (κ1) is 22.0. The summed E-state index contributed by atoms with van der Waals surface area (Å²) in [5.41, 5.74) is 4.95. The molecule has 0 aliphatic heterocycles. The van der Waals surface area contributed by atoms with Crippen LogP contribution >= 0.6 is 11.8 Å². The third kappa shape index (κ3) is 4.36. The number of benzene rings is 3. The van der Waals surface area contributed by atoms with Crippen LogP contribution < -0.4 is 5.32 Å². The molecule has 5 rings (SSSR count). The van der Waals surface area contributed by atoms with Crippen molar-refractivity contribution in [1.29, 1.82) is 0 Å². The van der Waals surface area contributed by atoms with Gasteiger partial charge in [0.1, 0.15) is 11.3 Å². The lowest BCUT2D eigenvalue weighted by atomic mass is 10.1. The Morgan fingerprint density at radius 3 is 2.68 bits per heavy atom. The quantitative estimate of drug-likeness (QED) is 0.327. The van der Waals surface area contributed by atoms with Gasteiger partial charge in [-0.15, -0.1) is 10.2 Å². The molecule has 0 saturated heterocycles. The van der Waals surface area contributed by atoms with Crippen LogP contribution in [-0.4, -0.2) is 30.9 Å². The van der Waals surface area contributed by atoms with Crippen molar-refractivity contribution >= 4 is 45.4 Å². The van der Waals surface area contributed by atoms with E-state index in [1.165, 1.54) is 29.5 Å². The van der Waals surface area contributed by atoms with Crippen LogP contribution in [0.25, 0.3) is 22.1 Å². The number of amides is 1. The van der Waals surface area contributed by atoms with Gasteiger partial charge in [-0.05, 0) is 37.6 Å². The van der Waals surface area contributed by atoms with E-state index in [-0.39, 0.29) is 11.6 Å². The van der Waals surface area contributed by atoms with Crippen molar-refractivity contribution in [2.24, 2.45) is 0 Å². The van der Waals surface area contributed by atoms with Crippen molar-refractivity contribution in [3.63, 3.8) is 0 Å². The number of carbonyl (C=O) groups is 1. The van der Waals surface area contributed by atoms with Crippen LogP contribution in [0.5, 0.6) is 0 Å². The van der Waals surface area contributed by atoms with Gasteiger partial charge in [0.15, 0.2) is 5.65 Å². The molecule has 8 heteroatoms. The Hall–Kier alpha value is -3.78. The van der Waals surface area contributed by atoms with E-state index in [9.17, 15) is 9.18 Å². The first-order valence-electron chi connectivity index (χ1n) is 10.9. The Kier molecular flexibility index (Phi) is 5.98. The Morgan fingerprint density at radius 1 is 1.06 bits per heavy atom. The number of aromatic nitrogens is 4. The first-order valence-corrected chi connectivity index (χ1v) is 11.8. The van der Waals surface area contributed by atoms with Gasteiger partial charge in [0.2, 0.25) is 11.1 Å². The van der Waals surface area contributed by atoms with E-state index in [4.69, 9.17) is 4.98 Å². The number of nitrogens with one attached hydrogen (secondary N) is 1. The summed E-state index contributed by atoms with van der Waals surface area (Å²) in [6, 6.07) is 22.5. The Bertz CT molecular complexity index is 1520. The van der Waals surface area contributed by atoms with Crippen molar-refractivity contribution < 1.29 is 9.18 Å². The second kappa shape index (κ2) is 9.23. The highest BCUT2D eigenvalue weighted by atomic mass is 32.2. The fraction of sp³-hybridized carbons (Fsp3) is 0.154. The smallest absolute Gasteiger partial charge is 0.237 e. The summed E-state index contributed by atoms with van der Waals surface area (Å²) in [6.07, 6.45) is 0. The van der Waals surface area contributed by atoms with Crippen LogP contribution in [0.1, 0.15) is 18.1 Å². The molecule has 1 N–H and O–H groups in total. The summed E-state index contributed by atoms with van der Waals surface area (Å²) in [7, 11) is 0. The average molecular weight is 472 g/mol. The number of para-hydroxylation sites is 2. The number of hydrogen-bond donors (Lipinski definition) is 1. The molecule has 0 fully saturated rings. The molecule has 0 saturated carbocycles. The standard InChI is InChI=1S/C26H22FN5OS/c1-16-8-7-9-18(14-16)15-32-22-13-6-3-10-19(22)23-24(32)29-26(31-30-23)34-17(2)25(33)28-21-12-5-4-11-20(21)27/h3-14,17H,15H2,1-2H3,(H,28,33). The summed E-state index contributed by atoms with van der Waals surface area (Å²) < 4.78 is 16.0. The largest absolute Gasteiger partial charge is 0.323 e. The number of halogens is 1. The SMILES string of the molecule is Cc1cccc(Cn2c3ccccc3c3nnc(SC(C)C(=O)Nc4ccccc4F)nc32)c1. The van der Waals surface area contributed by atoms with E-state index < -0.39 is 11.1 Å². The molecule has 2 heterocycles. The van der Waals surface area contributed by atoms with Gasteiger partial charge in [0.25, 0.3) is 0 Å². The zero-order valence-electron chi connectivity index (χ0n) is 18.7. The predicted molar refractivity (Wildman–Crippen MR) is 133 cm³/mol. The molecule has 170 valence electrons. The second-order valence-corrected chi connectivity index (χ2v) is 9.40. The minimum Gasteiger partial charge on any atom is -0.323 e.